The quantitative estimate of drug-likeness (QED) is 0.390. The molecule has 0 aliphatic rings. The first kappa shape index (κ1) is 18.3. The molecule has 136 valence electrons. The van der Waals surface area contributed by atoms with E-state index in [4.69, 9.17) is 4.42 Å². The van der Waals surface area contributed by atoms with Crippen molar-refractivity contribution >= 4 is 29.3 Å². The molecule has 9 nitrogen and oxygen atoms in total. The van der Waals surface area contributed by atoms with Crippen LogP contribution in [-0.2, 0) is 4.79 Å². The first-order valence-corrected chi connectivity index (χ1v) is 8.62. The van der Waals surface area contributed by atoms with E-state index in [1.807, 2.05) is 30.3 Å². The molecular formula is C17H12N4O5S. The summed E-state index contributed by atoms with van der Waals surface area (Å²) in [5.41, 5.74) is 0.539. The zero-order valence-electron chi connectivity index (χ0n) is 13.7. The van der Waals surface area contributed by atoms with Crippen molar-refractivity contribution in [2.24, 2.45) is 0 Å². The Morgan fingerprint density at radius 1 is 1.11 bits per heavy atom. The molecule has 0 aliphatic carbocycles. The van der Waals surface area contributed by atoms with Gasteiger partial charge in [0.05, 0.1) is 10.7 Å². The van der Waals surface area contributed by atoms with Crippen molar-refractivity contribution in [1.29, 1.82) is 0 Å². The first-order chi connectivity index (χ1) is 13.0. The molecule has 0 atom stereocenters. The molecule has 0 fully saturated rings. The number of nitrogens with zero attached hydrogens (tertiary/aromatic N) is 3. The highest BCUT2D eigenvalue weighted by atomic mass is 32.2. The van der Waals surface area contributed by atoms with Gasteiger partial charge in [-0.15, -0.1) is 10.2 Å². The number of aromatic nitrogens is 2. The minimum Gasteiger partial charge on any atom is -0.411 e. The van der Waals surface area contributed by atoms with Crippen molar-refractivity contribution < 1.29 is 18.9 Å². The van der Waals surface area contributed by atoms with Crippen molar-refractivity contribution in [3.8, 4) is 11.5 Å². The van der Waals surface area contributed by atoms with Crippen LogP contribution in [0.4, 0.5) is 5.69 Å². The lowest BCUT2D eigenvalue weighted by molar-refractivity contribution is -0.384. The Labute approximate surface area is 156 Å². The second-order valence-electron chi connectivity index (χ2n) is 5.21. The third-order valence-corrected chi connectivity index (χ3v) is 4.14. The zero-order chi connectivity index (χ0) is 19.2. The smallest absolute Gasteiger partial charge is 0.277 e. The highest BCUT2D eigenvalue weighted by Gasteiger charge is 2.16. The molecule has 2 amide bonds. The molecule has 0 radical (unpaired) electrons. The molecule has 1 N–H and O–H groups in total. The van der Waals surface area contributed by atoms with Crippen molar-refractivity contribution in [3.63, 3.8) is 0 Å². The van der Waals surface area contributed by atoms with Gasteiger partial charge in [0.2, 0.25) is 11.8 Å². The zero-order valence-corrected chi connectivity index (χ0v) is 14.5. The van der Waals surface area contributed by atoms with Crippen LogP contribution in [0.25, 0.3) is 11.5 Å². The molecule has 0 saturated carbocycles. The van der Waals surface area contributed by atoms with Crippen molar-refractivity contribution in [1.82, 2.24) is 15.5 Å². The highest BCUT2D eigenvalue weighted by molar-refractivity contribution is 7.99. The number of nitrogens with one attached hydrogen (secondary N) is 1. The van der Waals surface area contributed by atoms with E-state index in [-0.39, 0.29) is 22.2 Å². The lowest BCUT2D eigenvalue weighted by Crippen LogP contribution is -2.31. The molecule has 2 aromatic carbocycles. The third-order valence-electron chi connectivity index (χ3n) is 3.33. The normalized spacial score (nSPS) is 10.4. The number of nitro groups is 1. The third kappa shape index (κ3) is 4.76. The average Bonchev–Trinajstić information content (AvgIpc) is 3.16. The highest BCUT2D eigenvalue weighted by Crippen LogP contribution is 2.22. The fourth-order valence-electron chi connectivity index (χ4n) is 2.09. The predicted octanol–water partition coefficient (Wildman–Crippen LogP) is 2.69. The average molecular weight is 384 g/mol. The summed E-state index contributed by atoms with van der Waals surface area (Å²) < 4.78 is 5.45. The minimum atomic E-state index is -0.722. The van der Waals surface area contributed by atoms with E-state index in [2.05, 4.69) is 15.5 Å². The van der Waals surface area contributed by atoms with Crippen LogP contribution in [0.2, 0.25) is 0 Å². The summed E-state index contributed by atoms with van der Waals surface area (Å²) in [5, 5.41) is 20.8. The van der Waals surface area contributed by atoms with E-state index in [1.54, 1.807) is 0 Å². The summed E-state index contributed by atoms with van der Waals surface area (Å²) in [4.78, 5) is 34.1. The van der Waals surface area contributed by atoms with E-state index in [0.717, 1.165) is 23.4 Å². The van der Waals surface area contributed by atoms with Crippen LogP contribution in [0, 0.1) is 10.1 Å². The van der Waals surface area contributed by atoms with Gasteiger partial charge in [-0.3, -0.25) is 25.0 Å². The predicted molar refractivity (Wildman–Crippen MR) is 96.0 cm³/mol. The Balaban J connectivity index is 1.55. The largest absolute Gasteiger partial charge is 0.411 e. The summed E-state index contributed by atoms with van der Waals surface area (Å²) in [7, 11) is 0. The van der Waals surface area contributed by atoms with Gasteiger partial charge < -0.3 is 4.42 Å². The topological polar surface area (TPSA) is 128 Å². The molecule has 0 spiro atoms. The summed E-state index contributed by atoms with van der Waals surface area (Å²) in [5.74, 6) is -1.11. The van der Waals surface area contributed by atoms with Crippen LogP contribution in [0.1, 0.15) is 10.4 Å². The summed E-state index contributed by atoms with van der Waals surface area (Å²) >= 11 is 0.976. The molecular weight excluding hydrogens is 372 g/mol. The second-order valence-corrected chi connectivity index (χ2v) is 6.14. The summed E-state index contributed by atoms with van der Waals surface area (Å²) in [6.07, 6.45) is 0. The van der Waals surface area contributed by atoms with Crippen LogP contribution in [0.3, 0.4) is 0 Å². The van der Waals surface area contributed by atoms with Crippen molar-refractivity contribution in [3.05, 3.63) is 70.3 Å². The standard InChI is InChI=1S/C17H12N4O5S/c22-14(18-15(23)12-7-4-8-13(9-12)21(24)25)10-27-17-20-19-16(26-17)11-5-2-1-3-6-11/h1-9H,10H2,(H,18,22,23). The van der Waals surface area contributed by atoms with Gasteiger partial charge in [-0.1, -0.05) is 36.0 Å². The first-order valence-electron chi connectivity index (χ1n) is 7.63. The van der Waals surface area contributed by atoms with Crippen LogP contribution in [0.5, 0.6) is 0 Å². The maximum Gasteiger partial charge on any atom is 0.277 e. The Morgan fingerprint density at radius 3 is 2.63 bits per heavy atom. The van der Waals surface area contributed by atoms with Crippen LogP contribution >= 0.6 is 11.8 Å². The number of rotatable bonds is 6. The maximum absolute atomic E-state index is 12.0. The Kier molecular flexibility index (Phi) is 5.57. The van der Waals surface area contributed by atoms with Crippen molar-refractivity contribution in [2.75, 3.05) is 5.75 Å². The molecule has 1 heterocycles. The van der Waals surface area contributed by atoms with E-state index < -0.39 is 16.7 Å². The van der Waals surface area contributed by atoms with Gasteiger partial charge in [0, 0.05) is 23.3 Å². The van der Waals surface area contributed by atoms with Crippen LogP contribution in [-0.4, -0.2) is 32.7 Å². The number of hydrogen-bond donors (Lipinski definition) is 1. The SMILES string of the molecule is O=C(CSc1nnc(-c2ccccc2)o1)NC(=O)c1cccc([N+](=O)[O-])c1. The van der Waals surface area contributed by atoms with Gasteiger partial charge in [0.25, 0.3) is 16.8 Å². The molecule has 3 aromatic rings. The Morgan fingerprint density at radius 2 is 1.89 bits per heavy atom. The summed E-state index contributed by atoms with van der Waals surface area (Å²) in [6.45, 7) is 0. The number of benzene rings is 2. The molecule has 27 heavy (non-hydrogen) atoms. The second kappa shape index (κ2) is 8.23. The number of amides is 2. The number of carbonyl (C=O) groups excluding carboxylic acids is 2. The Hall–Kier alpha value is -3.53. The van der Waals surface area contributed by atoms with Gasteiger partial charge in [0.1, 0.15) is 0 Å². The molecule has 0 unspecified atom stereocenters. The maximum atomic E-state index is 12.0. The number of thioether (sulfide) groups is 1. The molecule has 1 aromatic heterocycles. The van der Waals surface area contributed by atoms with Crippen LogP contribution in [0.15, 0.2) is 64.2 Å². The molecule has 0 aliphatic heterocycles. The molecule has 3 rings (SSSR count). The van der Waals surface area contributed by atoms with E-state index in [9.17, 15) is 19.7 Å². The number of non-ortho nitro benzene ring substituents is 1. The number of imide groups is 1. The van der Waals surface area contributed by atoms with Gasteiger partial charge in [-0.25, -0.2) is 0 Å². The lowest BCUT2D eigenvalue weighted by Gasteiger charge is -2.03. The fourth-order valence-corrected chi connectivity index (χ4v) is 2.65. The number of carbonyl (C=O) groups is 2. The van der Waals surface area contributed by atoms with Gasteiger partial charge in [-0.05, 0) is 18.2 Å². The minimum absolute atomic E-state index is 0.0201. The lowest BCUT2D eigenvalue weighted by atomic mass is 10.2. The van der Waals surface area contributed by atoms with Gasteiger partial charge >= 0.3 is 0 Å². The number of nitro benzene ring substituents is 1. The van der Waals surface area contributed by atoms with E-state index in [1.165, 1.54) is 18.2 Å². The van der Waals surface area contributed by atoms with Gasteiger partial charge in [0.15, 0.2) is 0 Å². The van der Waals surface area contributed by atoms with Crippen LogP contribution < -0.4 is 5.32 Å². The summed E-state index contributed by atoms with van der Waals surface area (Å²) in [6, 6.07) is 14.3. The monoisotopic (exact) mass is 384 g/mol. The van der Waals surface area contributed by atoms with Gasteiger partial charge in [-0.2, -0.15) is 0 Å². The van der Waals surface area contributed by atoms with Crippen molar-refractivity contribution in [2.45, 2.75) is 5.22 Å². The van der Waals surface area contributed by atoms with E-state index in [0.29, 0.717) is 5.89 Å². The number of hydrogen-bond acceptors (Lipinski definition) is 8. The molecule has 0 saturated heterocycles. The molecule has 0 bridgehead atoms. The molecule has 10 heteroatoms. The fraction of sp³-hybridized carbons (Fsp3) is 0.0588. The Bertz CT molecular complexity index is 990. The van der Waals surface area contributed by atoms with E-state index >= 15 is 0 Å².